The topological polar surface area (TPSA) is 20.2 Å². The van der Waals surface area contributed by atoms with E-state index in [0.29, 0.717) is 6.42 Å². The standard InChI is InChI=1S/C13H22OSi/c1-5-6-7-10-13(14)11-8-9-12-15(2,3)4/h6-8,11,13-14H,5,10H2,1-4H3/b7-6-,11-8+. The number of hydrogen-bond donors (Lipinski definition) is 1. The van der Waals surface area contributed by atoms with Crippen LogP contribution in [0.3, 0.4) is 0 Å². The zero-order valence-corrected chi connectivity index (χ0v) is 11.2. The van der Waals surface area contributed by atoms with Gasteiger partial charge in [0.25, 0.3) is 0 Å². The van der Waals surface area contributed by atoms with Crippen LogP contribution in [0.5, 0.6) is 0 Å². The summed E-state index contributed by atoms with van der Waals surface area (Å²) >= 11 is 0. The molecule has 1 N–H and O–H groups in total. The van der Waals surface area contributed by atoms with Crippen LogP contribution in [0.1, 0.15) is 19.8 Å². The summed E-state index contributed by atoms with van der Waals surface area (Å²) in [6.45, 7) is 8.69. The van der Waals surface area contributed by atoms with E-state index in [-0.39, 0.29) is 0 Å². The molecule has 0 aliphatic heterocycles. The Morgan fingerprint density at radius 2 is 1.93 bits per heavy atom. The molecule has 0 saturated carbocycles. The van der Waals surface area contributed by atoms with Crippen molar-refractivity contribution in [2.45, 2.75) is 45.5 Å². The Bertz CT molecular complexity index is 273. The van der Waals surface area contributed by atoms with Gasteiger partial charge in [0, 0.05) is 0 Å². The van der Waals surface area contributed by atoms with Crippen LogP contribution < -0.4 is 0 Å². The van der Waals surface area contributed by atoms with Gasteiger partial charge in [-0.05, 0) is 25.0 Å². The van der Waals surface area contributed by atoms with E-state index >= 15 is 0 Å². The molecular formula is C13H22OSi. The van der Waals surface area contributed by atoms with Gasteiger partial charge in [0.05, 0.1) is 6.10 Å². The lowest BCUT2D eigenvalue weighted by molar-refractivity contribution is 0.227. The first-order valence-electron chi connectivity index (χ1n) is 5.48. The third-order valence-electron chi connectivity index (χ3n) is 1.63. The molecule has 15 heavy (non-hydrogen) atoms. The molecule has 0 aliphatic carbocycles. The Kier molecular flexibility index (Phi) is 7.11. The minimum Gasteiger partial charge on any atom is -0.389 e. The Labute approximate surface area is 94.9 Å². The van der Waals surface area contributed by atoms with Crippen LogP contribution in [0, 0.1) is 11.5 Å². The molecule has 1 nitrogen and oxygen atoms in total. The first-order chi connectivity index (χ1) is 6.95. The van der Waals surface area contributed by atoms with Crippen LogP contribution in [-0.2, 0) is 0 Å². The summed E-state index contributed by atoms with van der Waals surface area (Å²) in [5.41, 5.74) is 3.22. The van der Waals surface area contributed by atoms with Crippen molar-refractivity contribution in [2.24, 2.45) is 0 Å². The molecule has 0 amide bonds. The molecule has 0 saturated heterocycles. The second-order valence-electron chi connectivity index (χ2n) is 4.56. The molecule has 0 heterocycles. The fourth-order valence-corrected chi connectivity index (χ4v) is 1.41. The van der Waals surface area contributed by atoms with Crippen molar-refractivity contribution < 1.29 is 5.11 Å². The maximum Gasteiger partial charge on any atom is 0.129 e. The van der Waals surface area contributed by atoms with Gasteiger partial charge in [-0.1, -0.05) is 44.6 Å². The van der Waals surface area contributed by atoms with Gasteiger partial charge in [-0.3, -0.25) is 0 Å². The fourth-order valence-electron chi connectivity index (χ4n) is 0.898. The number of aliphatic hydroxyl groups excluding tert-OH is 1. The first-order valence-corrected chi connectivity index (χ1v) is 8.98. The third kappa shape index (κ3) is 11.1. The number of rotatable bonds is 4. The molecule has 2 heteroatoms. The molecule has 1 atom stereocenters. The molecule has 1 unspecified atom stereocenters. The summed E-state index contributed by atoms with van der Waals surface area (Å²) in [6, 6.07) is 0. The van der Waals surface area contributed by atoms with E-state index in [1.54, 1.807) is 12.2 Å². The van der Waals surface area contributed by atoms with E-state index in [2.05, 4.69) is 44.1 Å². The second kappa shape index (κ2) is 7.50. The highest BCUT2D eigenvalue weighted by Crippen LogP contribution is 1.98. The van der Waals surface area contributed by atoms with Gasteiger partial charge < -0.3 is 5.11 Å². The van der Waals surface area contributed by atoms with Crippen LogP contribution in [0.15, 0.2) is 24.3 Å². The predicted octanol–water partition coefficient (Wildman–Crippen LogP) is 3.14. The van der Waals surface area contributed by atoms with Gasteiger partial charge >= 0.3 is 0 Å². The minimum atomic E-state index is -1.27. The first kappa shape index (κ1) is 14.2. The maximum absolute atomic E-state index is 9.51. The zero-order valence-electron chi connectivity index (χ0n) is 10.2. The largest absolute Gasteiger partial charge is 0.389 e. The van der Waals surface area contributed by atoms with Crippen LogP contribution in [0.2, 0.25) is 19.6 Å². The summed E-state index contributed by atoms with van der Waals surface area (Å²) in [6.07, 6.45) is 8.88. The van der Waals surface area contributed by atoms with E-state index in [9.17, 15) is 5.11 Å². The minimum absolute atomic E-state index is 0.399. The van der Waals surface area contributed by atoms with Gasteiger partial charge in [0.2, 0.25) is 0 Å². The van der Waals surface area contributed by atoms with Crippen molar-refractivity contribution in [1.82, 2.24) is 0 Å². The van der Waals surface area contributed by atoms with Gasteiger partial charge in [-0.25, -0.2) is 0 Å². The molecule has 0 aliphatic rings. The summed E-state index contributed by atoms with van der Waals surface area (Å²) < 4.78 is 0. The smallest absolute Gasteiger partial charge is 0.129 e. The highest BCUT2D eigenvalue weighted by molar-refractivity contribution is 6.83. The lowest BCUT2D eigenvalue weighted by atomic mass is 10.2. The average molecular weight is 222 g/mol. The van der Waals surface area contributed by atoms with Gasteiger partial charge in [0.1, 0.15) is 8.07 Å². The van der Waals surface area contributed by atoms with E-state index in [4.69, 9.17) is 0 Å². The summed E-state index contributed by atoms with van der Waals surface area (Å²) in [4.78, 5) is 0. The molecule has 84 valence electrons. The van der Waals surface area contributed by atoms with Crippen molar-refractivity contribution in [3.8, 4) is 11.5 Å². The molecular weight excluding hydrogens is 200 g/mol. The van der Waals surface area contributed by atoms with Crippen LogP contribution in [0.4, 0.5) is 0 Å². The Hall–Kier alpha value is -0.783. The monoisotopic (exact) mass is 222 g/mol. The Balaban J connectivity index is 3.95. The maximum atomic E-state index is 9.51. The lowest BCUT2D eigenvalue weighted by Crippen LogP contribution is -2.16. The highest BCUT2D eigenvalue weighted by atomic mass is 28.3. The average Bonchev–Trinajstić information content (AvgIpc) is 2.11. The third-order valence-corrected chi connectivity index (χ3v) is 2.52. The van der Waals surface area contributed by atoms with Crippen molar-refractivity contribution in [2.75, 3.05) is 0 Å². The van der Waals surface area contributed by atoms with Crippen LogP contribution in [-0.4, -0.2) is 19.3 Å². The molecule has 0 radical (unpaired) electrons. The van der Waals surface area contributed by atoms with Crippen molar-refractivity contribution in [3.05, 3.63) is 24.3 Å². The van der Waals surface area contributed by atoms with Gasteiger partial charge in [-0.15, -0.1) is 5.54 Å². The molecule has 0 rings (SSSR count). The van der Waals surface area contributed by atoms with Crippen molar-refractivity contribution >= 4 is 8.07 Å². The normalized spacial score (nSPS) is 14.2. The van der Waals surface area contributed by atoms with E-state index in [0.717, 1.165) is 6.42 Å². The fraction of sp³-hybridized carbons (Fsp3) is 0.538. The second-order valence-corrected chi connectivity index (χ2v) is 9.31. The SMILES string of the molecule is CC/C=C\CC(O)/C=C/C#C[Si](C)(C)C. The number of allylic oxidation sites excluding steroid dienone is 2. The van der Waals surface area contributed by atoms with E-state index < -0.39 is 14.2 Å². The number of aliphatic hydroxyl groups is 1. The van der Waals surface area contributed by atoms with Gasteiger partial charge in [0.15, 0.2) is 0 Å². The van der Waals surface area contributed by atoms with Crippen molar-refractivity contribution in [1.29, 1.82) is 0 Å². The number of hydrogen-bond acceptors (Lipinski definition) is 1. The zero-order chi connectivity index (χ0) is 11.7. The van der Waals surface area contributed by atoms with Crippen molar-refractivity contribution in [3.63, 3.8) is 0 Å². The molecule has 0 bridgehead atoms. The molecule has 0 spiro atoms. The molecule has 0 aromatic heterocycles. The highest BCUT2D eigenvalue weighted by Gasteiger charge is 2.06. The molecule has 0 aromatic rings. The summed E-state index contributed by atoms with van der Waals surface area (Å²) in [5, 5.41) is 9.51. The van der Waals surface area contributed by atoms with Crippen LogP contribution >= 0.6 is 0 Å². The molecule has 0 fully saturated rings. The van der Waals surface area contributed by atoms with Gasteiger partial charge in [-0.2, -0.15) is 0 Å². The predicted molar refractivity (Wildman–Crippen MR) is 70.3 cm³/mol. The van der Waals surface area contributed by atoms with E-state index in [1.165, 1.54) is 0 Å². The van der Waals surface area contributed by atoms with E-state index in [1.807, 2.05) is 6.08 Å². The molecule has 0 aromatic carbocycles. The van der Waals surface area contributed by atoms with Crippen LogP contribution in [0.25, 0.3) is 0 Å². The quantitative estimate of drug-likeness (QED) is 0.440. The summed E-state index contributed by atoms with van der Waals surface area (Å²) in [7, 11) is -1.27. The lowest BCUT2D eigenvalue weighted by Gasteiger charge is -2.02. The summed E-state index contributed by atoms with van der Waals surface area (Å²) in [5.74, 6) is 2.99. The Morgan fingerprint density at radius 3 is 2.47 bits per heavy atom. The Morgan fingerprint density at radius 1 is 1.27 bits per heavy atom.